The zero-order valence-corrected chi connectivity index (χ0v) is 14.7. The molecule has 2 heterocycles. The minimum atomic E-state index is -0.650. The summed E-state index contributed by atoms with van der Waals surface area (Å²) in [6.07, 6.45) is -0.668. The largest absolute Gasteiger partial charge is 0.508 e. The smallest absolute Gasteiger partial charge is 0.430 e. The normalized spacial score (nSPS) is 24.3. The van der Waals surface area contributed by atoms with Gasteiger partial charge in [-0.05, 0) is 34.1 Å². The average molecular weight is 346 g/mol. The Bertz CT molecular complexity index is 459. The van der Waals surface area contributed by atoms with Crippen molar-refractivity contribution in [1.29, 1.82) is 0 Å². The molecule has 8 heteroatoms. The molecule has 0 saturated carbocycles. The monoisotopic (exact) mass is 346 g/mol. The SMILES string of the molecule is CC(C)(CCOC(C)(C)CC1COC(=O)O1)OCC1COC(=O)O1. The van der Waals surface area contributed by atoms with Gasteiger partial charge in [-0.3, -0.25) is 0 Å². The molecule has 0 aliphatic carbocycles. The molecule has 0 spiro atoms. The molecule has 2 aliphatic rings. The maximum atomic E-state index is 10.9. The van der Waals surface area contributed by atoms with Crippen LogP contribution in [0.5, 0.6) is 0 Å². The first-order valence-corrected chi connectivity index (χ1v) is 8.10. The van der Waals surface area contributed by atoms with E-state index in [4.69, 9.17) is 28.4 Å². The van der Waals surface area contributed by atoms with Gasteiger partial charge in [-0.1, -0.05) is 0 Å². The van der Waals surface area contributed by atoms with Gasteiger partial charge < -0.3 is 28.4 Å². The molecule has 0 amide bonds. The van der Waals surface area contributed by atoms with Crippen molar-refractivity contribution < 1.29 is 38.0 Å². The van der Waals surface area contributed by atoms with Crippen molar-refractivity contribution in [2.75, 3.05) is 26.4 Å². The van der Waals surface area contributed by atoms with E-state index in [1.165, 1.54) is 0 Å². The predicted octanol–water partition coefficient (Wildman–Crippen LogP) is 2.43. The van der Waals surface area contributed by atoms with Crippen molar-refractivity contribution in [3.63, 3.8) is 0 Å². The Balaban J connectivity index is 1.65. The zero-order valence-electron chi connectivity index (χ0n) is 14.7. The number of carbonyl (C=O) groups is 2. The number of rotatable bonds is 9. The van der Waals surface area contributed by atoms with Gasteiger partial charge in [-0.2, -0.15) is 0 Å². The standard InChI is InChI=1S/C16H26O8/c1-15(2,22-10-12-9-20-14(18)24-12)5-6-21-16(3,4)7-11-8-19-13(17)23-11/h11-12H,5-10H2,1-4H3. The van der Waals surface area contributed by atoms with E-state index in [1.54, 1.807) is 0 Å². The lowest BCUT2D eigenvalue weighted by Crippen LogP contribution is -2.35. The summed E-state index contributed by atoms with van der Waals surface area (Å²) in [7, 11) is 0. The van der Waals surface area contributed by atoms with Crippen LogP contribution in [0.15, 0.2) is 0 Å². The lowest BCUT2D eigenvalue weighted by atomic mass is 10.0. The fourth-order valence-corrected chi connectivity index (χ4v) is 2.48. The van der Waals surface area contributed by atoms with Gasteiger partial charge in [-0.25, -0.2) is 9.59 Å². The first-order valence-electron chi connectivity index (χ1n) is 8.10. The molecule has 0 aromatic rings. The van der Waals surface area contributed by atoms with Gasteiger partial charge >= 0.3 is 12.3 Å². The second-order valence-electron chi connectivity index (χ2n) is 7.23. The number of ether oxygens (including phenoxy) is 6. The first-order chi connectivity index (χ1) is 11.2. The Labute approximate surface area is 141 Å². The van der Waals surface area contributed by atoms with Gasteiger partial charge in [-0.15, -0.1) is 0 Å². The molecule has 0 radical (unpaired) electrons. The summed E-state index contributed by atoms with van der Waals surface area (Å²) in [6.45, 7) is 9.06. The van der Waals surface area contributed by atoms with E-state index in [1.807, 2.05) is 27.7 Å². The summed E-state index contributed by atoms with van der Waals surface area (Å²) in [6, 6.07) is 0. The third-order valence-electron chi connectivity index (χ3n) is 3.88. The van der Waals surface area contributed by atoms with Crippen molar-refractivity contribution in [1.82, 2.24) is 0 Å². The van der Waals surface area contributed by atoms with Crippen molar-refractivity contribution in [2.24, 2.45) is 0 Å². The van der Waals surface area contributed by atoms with Crippen LogP contribution < -0.4 is 0 Å². The summed E-state index contributed by atoms with van der Waals surface area (Å²) in [4.78, 5) is 21.8. The number of hydrogen-bond acceptors (Lipinski definition) is 8. The third-order valence-corrected chi connectivity index (χ3v) is 3.88. The lowest BCUT2D eigenvalue weighted by molar-refractivity contribution is -0.0941. The number of carbonyl (C=O) groups excluding carboxylic acids is 2. The Morgan fingerprint density at radius 3 is 2.04 bits per heavy atom. The average Bonchev–Trinajstić information content (AvgIpc) is 3.04. The molecule has 2 saturated heterocycles. The van der Waals surface area contributed by atoms with Crippen LogP contribution in [0.1, 0.15) is 40.5 Å². The summed E-state index contributed by atoms with van der Waals surface area (Å²) in [5, 5.41) is 0. The van der Waals surface area contributed by atoms with E-state index in [-0.39, 0.29) is 32.0 Å². The number of cyclic esters (lactones) is 4. The van der Waals surface area contributed by atoms with Crippen LogP contribution >= 0.6 is 0 Å². The molecule has 0 N–H and O–H groups in total. The highest BCUT2D eigenvalue weighted by molar-refractivity contribution is 5.62. The molecule has 0 bridgehead atoms. The number of hydrogen-bond donors (Lipinski definition) is 0. The van der Waals surface area contributed by atoms with Crippen LogP contribution in [0.25, 0.3) is 0 Å². The molecule has 2 unspecified atom stereocenters. The minimum absolute atomic E-state index is 0.223. The molecule has 2 aliphatic heterocycles. The fraction of sp³-hybridized carbons (Fsp3) is 0.875. The molecule has 8 nitrogen and oxygen atoms in total. The maximum absolute atomic E-state index is 10.9. The quantitative estimate of drug-likeness (QED) is 0.588. The van der Waals surface area contributed by atoms with Gasteiger partial charge in [0, 0.05) is 6.42 Å². The van der Waals surface area contributed by atoms with Crippen LogP contribution in [-0.4, -0.2) is 62.1 Å². The molecular formula is C16H26O8. The van der Waals surface area contributed by atoms with Crippen molar-refractivity contribution >= 4 is 12.3 Å². The van der Waals surface area contributed by atoms with Crippen LogP contribution in [0.3, 0.4) is 0 Å². The van der Waals surface area contributed by atoms with Crippen LogP contribution in [0, 0.1) is 0 Å². The van der Waals surface area contributed by atoms with Crippen molar-refractivity contribution in [3.05, 3.63) is 0 Å². The second kappa shape index (κ2) is 7.57. The van der Waals surface area contributed by atoms with Crippen molar-refractivity contribution in [2.45, 2.75) is 63.9 Å². The summed E-state index contributed by atoms with van der Waals surface area (Å²) >= 11 is 0. The highest BCUT2D eigenvalue weighted by Gasteiger charge is 2.33. The Kier molecular flexibility index (Phi) is 5.92. The molecule has 138 valence electrons. The van der Waals surface area contributed by atoms with Crippen LogP contribution in [-0.2, 0) is 28.4 Å². The van der Waals surface area contributed by atoms with E-state index in [0.29, 0.717) is 19.4 Å². The summed E-state index contributed by atoms with van der Waals surface area (Å²) in [5.41, 5.74) is -0.864. The van der Waals surface area contributed by atoms with Crippen LogP contribution in [0.2, 0.25) is 0 Å². The summed E-state index contributed by atoms with van der Waals surface area (Å²) in [5.74, 6) is 0. The van der Waals surface area contributed by atoms with E-state index in [0.717, 1.165) is 0 Å². The Morgan fingerprint density at radius 1 is 0.917 bits per heavy atom. The fourth-order valence-electron chi connectivity index (χ4n) is 2.48. The molecule has 2 atom stereocenters. The Morgan fingerprint density at radius 2 is 1.50 bits per heavy atom. The summed E-state index contributed by atoms with van der Waals surface area (Å²) < 4.78 is 31.2. The lowest BCUT2D eigenvalue weighted by Gasteiger charge is -2.30. The van der Waals surface area contributed by atoms with E-state index in [9.17, 15) is 9.59 Å². The minimum Gasteiger partial charge on any atom is -0.430 e. The van der Waals surface area contributed by atoms with Gasteiger partial charge in [0.25, 0.3) is 0 Å². The van der Waals surface area contributed by atoms with Gasteiger partial charge in [0.1, 0.15) is 19.3 Å². The molecule has 0 aromatic heterocycles. The van der Waals surface area contributed by atoms with Gasteiger partial charge in [0.05, 0.1) is 24.4 Å². The zero-order chi connectivity index (χ0) is 17.8. The maximum Gasteiger partial charge on any atom is 0.508 e. The molecule has 2 rings (SSSR count). The third kappa shape index (κ3) is 6.16. The molecule has 2 fully saturated rings. The first kappa shape index (κ1) is 18.8. The Hall–Kier alpha value is -1.54. The van der Waals surface area contributed by atoms with Crippen molar-refractivity contribution in [3.8, 4) is 0 Å². The topological polar surface area (TPSA) is 89.5 Å². The van der Waals surface area contributed by atoms with E-state index in [2.05, 4.69) is 0 Å². The predicted molar refractivity (Wildman–Crippen MR) is 81.7 cm³/mol. The molecular weight excluding hydrogens is 320 g/mol. The van der Waals surface area contributed by atoms with Gasteiger partial charge in [0.15, 0.2) is 6.10 Å². The molecule has 24 heavy (non-hydrogen) atoms. The van der Waals surface area contributed by atoms with Gasteiger partial charge in [0.2, 0.25) is 0 Å². The van der Waals surface area contributed by atoms with E-state index >= 15 is 0 Å². The second-order valence-corrected chi connectivity index (χ2v) is 7.23. The van der Waals surface area contributed by atoms with Crippen LogP contribution in [0.4, 0.5) is 9.59 Å². The molecule has 0 aromatic carbocycles. The highest BCUT2D eigenvalue weighted by atomic mass is 16.8. The highest BCUT2D eigenvalue weighted by Crippen LogP contribution is 2.24. The van der Waals surface area contributed by atoms with E-state index < -0.39 is 23.5 Å².